The summed E-state index contributed by atoms with van der Waals surface area (Å²) in [5.41, 5.74) is 6.57. The lowest BCUT2D eigenvalue weighted by atomic mass is 9.74. The molecule has 84 valence electrons. The van der Waals surface area contributed by atoms with E-state index in [1.54, 1.807) is 0 Å². The predicted molar refractivity (Wildman–Crippen MR) is 63.2 cm³/mol. The largest absolute Gasteiger partial charge is 0.325 e. The van der Waals surface area contributed by atoms with Crippen molar-refractivity contribution in [1.82, 2.24) is 0 Å². The smallest absolute Gasteiger partial charge is 0.0177 e. The van der Waals surface area contributed by atoms with Gasteiger partial charge >= 0.3 is 0 Å². The Morgan fingerprint density at radius 2 is 1.79 bits per heavy atom. The van der Waals surface area contributed by atoms with Gasteiger partial charge in [-0.25, -0.2) is 0 Å². The van der Waals surface area contributed by atoms with Crippen molar-refractivity contribution in [3.05, 3.63) is 0 Å². The molecular formula is C13H27N. The third-order valence-electron chi connectivity index (χ3n) is 4.20. The summed E-state index contributed by atoms with van der Waals surface area (Å²) in [6.07, 6.45) is 9.53. The van der Waals surface area contributed by atoms with E-state index < -0.39 is 0 Å². The Labute approximate surface area is 89.5 Å². The average molecular weight is 197 g/mol. The Morgan fingerprint density at radius 1 is 1.21 bits per heavy atom. The van der Waals surface area contributed by atoms with Gasteiger partial charge in [0.25, 0.3) is 0 Å². The molecule has 2 N–H and O–H groups in total. The second-order valence-electron chi connectivity index (χ2n) is 5.45. The van der Waals surface area contributed by atoms with Crippen molar-refractivity contribution in [3.63, 3.8) is 0 Å². The Kier molecular flexibility index (Phi) is 4.43. The van der Waals surface area contributed by atoms with Crippen LogP contribution in [0.3, 0.4) is 0 Å². The Morgan fingerprint density at radius 3 is 2.21 bits per heavy atom. The molecule has 0 amide bonds. The van der Waals surface area contributed by atoms with Crippen LogP contribution >= 0.6 is 0 Å². The second-order valence-corrected chi connectivity index (χ2v) is 5.45. The first kappa shape index (κ1) is 12.0. The molecular weight excluding hydrogens is 170 g/mol. The minimum atomic E-state index is 0.0992. The highest BCUT2D eigenvalue weighted by atomic mass is 14.7. The number of nitrogens with two attached hydrogens (primary N) is 1. The summed E-state index contributed by atoms with van der Waals surface area (Å²) in [5, 5.41) is 0. The second kappa shape index (κ2) is 5.16. The Hall–Kier alpha value is -0.0400. The molecule has 0 heterocycles. The highest BCUT2D eigenvalue weighted by Crippen LogP contribution is 2.34. The van der Waals surface area contributed by atoms with E-state index in [2.05, 4.69) is 20.8 Å². The SMILES string of the molecule is CCC(N)(CC1CCCCC1)C(C)C. The normalized spacial score (nSPS) is 23.8. The summed E-state index contributed by atoms with van der Waals surface area (Å²) in [7, 11) is 0. The molecule has 1 aliphatic carbocycles. The molecule has 1 nitrogen and oxygen atoms in total. The highest BCUT2D eigenvalue weighted by Gasteiger charge is 2.30. The van der Waals surface area contributed by atoms with Crippen LogP contribution < -0.4 is 5.73 Å². The summed E-state index contributed by atoms with van der Waals surface area (Å²) >= 11 is 0. The number of hydrogen-bond donors (Lipinski definition) is 1. The molecule has 0 saturated heterocycles. The fraction of sp³-hybridized carbons (Fsp3) is 1.00. The molecule has 1 unspecified atom stereocenters. The summed E-state index contributed by atoms with van der Waals surface area (Å²) < 4.78 is 0. The van der Waals surface area contributed by atoms with Gasteiger partial charge in [-0.15, -0.1) is 0 Å². The molecule has 0 aliphatic heterocycles. The van der Waals surface area contributed by atoms with E-state index in [1.165, 1.54) is 38.5 Å². The molecule has 1 saturated carbocycles. The fourth-order valence-corrected chi connectivity index (χ4v) is 2.72. The van der Waals surface area contributed by atoms with E-state index in [4.69, 9.17) is 5.73 Å². The lowest BCUT2D eigenvalue weighted by Gasteiger charge is -2.37. The molecule has 0 radical (unpaired) electrons. The molecule has 0 spiro atoms. The quantitative estimate of drug-likeness (QED) is 0.730. The minimum absolute atomic E-state index is 0.0992. The zero-order valence-electron chi connectivity index (χ0n) is 10.2. The maximum absolute atomic E-state index is 6.47. The molecule has 0 aromatic carbocycles. The topological polar surface area (TPSA) is 26.0 Å². The van der Waals surface area contributed by atoms with Gasteiger partial charge in [0.15, 0.2) is 0 Å². The van der Waals surface area contributed by atoms with Crippen molar-refractivity contribution >= 4 is 0 Å². The number of rotatable bonds is 4. The van der Waals surface area contributed by atoms with Crippen LogP contribution in [-0.2, 0) is 0 Å². The van der Waals surface area contributed by atoms with Gasteiger partial charge < -0.3 is 5.73 Å². The lowest BCUT2D eigenvalue weighted by molar-refractivity contribution is 0.202. The maximum Gasteiger partial charge on any atom is 0.0177 e. The number of hydrogen-bond acceptors (Lipinski definition) is 1. The molecule has 1 heteroatoms. The third kappa shape index (κ3) is 2.98. The summed E-state index contributed by atoms with van der Waals surface area (Å²) in [6, 6.07) is 0. The van der Waals surface area contributed by atoms with Crippen LogP contribution in [0.2, 0.25) is 0 Å². The zero-order chi connectivity index (χ0) is 10.6. The van der Waals surface area contributed by atoms with E-state index in [-0.39, 0.29) is 5.54 Å². The van der Waals surface area contributed by atoms with E-state index in [0.717, 1.165) is 12.3 Å². The average Bonchev–Trinajstić information content (AvgIpc) is 2.19. The molecule has 1 aliphatic rings. The first-order valence-corrected chi connectivity index (χ1v) is 6.37. The molecule has 0 aromatic rings. The van der Waals surface area contributed by atoms with Crippen LogP contribution in [0.25, 0.3) is 0 Å². The Bertz CT molecular complexity index is 159. The van der Waals surface area contributed by atoms with Crippen molar-refractivity contribution < 1.29 is 0 Å². The summed E-state index contributed by atoms with van der Waals surface area (Å²) in [4.78, 5) is 0. The summed E-state index contributed by atoms with van der Waals surface area (Å²) in [5.74, 6) is 1.53. The van der Waals surface area contributed by atoms with Crippen LogP contribution in [0.5, 0.6) is 0 Å². The summed E-state index contributed by atoms with van der Waals surface area (Å²) in [6.45, 7) is 6.78. The van der Waals surface area contributed by atoms with Gasteiger partial charge in [-0.1, -0.05) is 52.9 Å². The van der Waals surface area contributed by atoms with Gasteiger partial charge in [-0.05, 0) is 24.7 Å². The van der Waals surface area contributed by atoms with Crippen molar-refractivity contribution in [2.75, 3.05) is 0 Å². The van der Waals surface area contributed by atoms with Crippen LogP contribution in [-0.4, -0.2) is 5.54 Å². The van der Waals surface area contributed by atoms with Crippen LogP contribution in [0.4, 0.5) is 0 Å². The van der Waals surface area contributed by atoms with E-state index in [1.807, 2.05) is 0 Å². The van der Waals surface area contributed by atoms with E-state index >= 15 is 0 Å². The van der Waals surface area contributed by atoms with Gasteiger partial charge in [-0.3, -0.25) is 0 Å². The van der Waals surface area contributed by atoms with E-state index in [0.29, 0.717) is 5.92 Å². The lowest BCUT2D eigenvalue weighted by Crippen LogP contribution is -2.46. The maximum atomic E-state index is 6.47. The van der Waals surface area contributed by atoms with Gasteiger partial charge in [0.1, 0.15) is 0 Å². The zero-order valence-corrected chi connectivity index (χ0v) is 10.2. The van der Waals surface area contributed by atoms with Gasteiger partial charge in [-0.2, -0.15) is 0 Å². The third-order valence-corrected chi connectivity index (χ3v) is 4.20. The molecule has 1 rings (SSSR count). The van der Waals surface area contributed by atoms with Crippen molar-refractivity contribution in [3.8, 4) is 0 Å². The van der Waals surface area contributed by atoms with Crippen molar-refractivity contribution in [1.29, 1.82) is 0 Å². The first-order valence-electron chi connectivity index (χ1n) is 6.37. The van der Waals surface area contributed by atoms with Crippen molar-refractivity contribution in [2.45, 2.75) is 71.3 Å². The van der Waals surface area contributed by atoms with Gasteiger partial charge in [0.2, 0.25) is 0 Å². The molecule has 1 fully saturated rings. The minimum Gasteiger partial charge on any atom is -0.325 e. The Balaban J connectivity index is 2.46. The monoisotopic (exact) mass is 197 g/mol. The highest BCUT2D eigenvalue weighted by molar-refractivity contribution is 4.88. The first-order chi connectivity index (χ1) is 6.58. The molecule has 0 bridgehead atoms. The van der Waals surface area contributed by atoms with Crippen molar-refractivity contribution in [2.24, 2.45) is 17.6 Å². The van der Waals surface area contributed by atoms with Gasteiger partial charge in [0, 0.05) is 5.54 Å². The molecule has 14 heavy (non-hydrogen) atoms. The van der Waals surface area contributed by atoms with Gasteiger partial charge in [0.05, 0.1) is 0 Å². The van der Waals surface area contributed by atoms with Crippen LogP contribution in [0, 0.1) is 11.8 Å². The van der Waals surface area contributed by atoms with E-state index in [9.17, 15) is 0 Å². The fourth-order valence-electron chi connectivity index (χ4n) is 2.72. The van der Waals surface area contributed by atoms with Crippen LogP contribution in [0.1, 0.15) is 65.7 Å². The molecule has 1 atom stereocenters. The molecule has 0 aromatic heterocycles. The standard InChI is InChI=1S/C13H27N/c1-4-13(14,11(2)3)10-12-8-6-5-7-9-12/h11-12H,4-10,14H2,1-3H3. The van der Waals surface area contributed by atoms with Crippen LogP contribution in [0.15, 0.2) is 0 Å². The predicted octanol–water partition coefficient (Wildman–Crippen LogP) is 3.72.